The molecule has 0 N–H and O–H groups in total. The van der Waals surface area contributed by atoms with E-state index in [4.69, 9.17) is 0 Å². The Kier molecular flexibility index (Phi) is 5.16. The van der Waals surface area contributed by atoms with Crippen LogP contribution in [-0.4, -0.2) is 6.61 Å². The van der Waals surface area contributed by atoms with E-state index in [-0.39, 0.29) is 5.92 Å². The van der Waals surface area contributed by atoms with Gasteiger partial charge in [-0.1, -0.05) is 6.08 Å². The van der Waals surface area contributed by atoms with Crippen molar-refractivity contribution >= 4 is 0 Å². The summed E-state index contributed by atoms with van der Waals surface area (Å²) in [4.78, 5) is 0. The maximum Gasteiger partial charge on any atom is 0.387 e. The van der Waals surface area contributed by atoms with Gasteiger partial charge in [-0.3, -0.25) is 0 Å². The monoisotopic (exact) mass is 342 g/mol. The Bertz CT molecular complexity index is 578. The van der Waals surface area contributed by atoms with Crippen LogP contribution >= 0.6 is 0 Å². The number of allylic oxidation sites excluding steroid dienone is 1. The largest absolute Gasteiger partial charge is 0.429 e. The molecule has 1 aromatic rings. The first kappa shape index (κ1) is 17.3. The highest BCUT2D eigenvalue weighted by Crippen LogP contribution is 2.48. The lowest BCUT2D eigenvalue weighted by Crippen LogP contribution is -2.30. The van der Waals surface area contributed by atoms with Crippen molar-refractivity contribution in [1.82, 2.24) is 0 Å². The van der Waals surface area contributed by atoms with Crippen LogP contribution in [0.5, 0.6) is 5.75 Å². The SMILES string of the molecule is C=CC1CCC2CC(c3cc(F)c(OC(F)F)c(F)c3)CCC2C1. The molecule has 0 amide bonds. The van der Waals surface area contributed by atoms with E-state index >= 15 is 0 Å². The number of benzene rings is 1. The van der Waals surface area contributed by atoms with E-state index < -0.39 is 24.0 Å². The van der Waals surface area contributed by atoms with Gasteiger partial charge in [0.05, 0.1) is 0 Å². The van der Waals surface area contributed by atoms with Gasteiger partial charge in [0.15, 0.2) is 17.4 Å². The second-order valence-electron chi connectivity index (χ2n) is 7.03. The molecule has 0 aromatic heterocycles. The fraction of sp³-hybridized carbons (Fsp3) is 0.579. The van der Waals surface area contributed by atoms with Crippen molar-refractivity contribution in [2.45, 2.75) is 51.1 Å². The second kappa shape index (κ2) is 7.16. The van der Waals surface area contributed by atoms with Gasteiger partial charge in [0.1, 0.15) is 0 Å². The Morgan fingerprint density at radius 2 is 1.62 bits per heavy atom. The summed E-state index contributed by atoms with van der Waals surface area (Å²) < 4.78 is 56.3. The van der Waals surface area contributed by atoms with Crippen molar-refractivity contribution in [2.24, 2.45) is 17.8 Å². The minimum Gasteiger partial charge on any atom is -0.429 e. The minimum absolute atomic E-state index is 0.0798. The van der Waals surface area contributed by atoms with E-state index in [1.54, 1.807) is 0 Å². The Morgan fingerprint density at radius 3 is 2.25 bits per heavy atom. The summed E-state index contributed by atoms with van der Waals surface area (Å²) in [6.45, 7) is 0.644. The lowest BCUT2D eigenvalue weighted by molar-refractivity contribution is -0.0546. The molecule has 24 heavy (non-hydrogen) atoms. The highest BCUT2D eigenvalue weighted by Gasteiger charge is 2.35. The third-order valence-corrected chi connectivity index (χ3v) is 5.69. The average Bonchev–Trinajstić information content (AvgIpc) is 2.56. The number of hydrogen-bond acceptors (Lipinski definition) is 1. The Balaban J connectivity index is 1.73. The van der Waals surface area contributed by atoms with Gasteiger partial charge >= 0.3 is 6.61 Å². The van der Waals surface area contributed by atoms with Crippen molar-refractivity contribution in [1.29, 1.82) is 0 Å². The number of ether oxygens (including phenoxy) is 1. The zero-order valence-corrected chi connectivity index (χ0v) is 13.5. The number of fused-ring (bicyclic) bond motifs is 1. The fourth-order valence-corrected chi connectivity index (χ4v) is 4.46. The highest BCUT2D eigenvalue weighted by atomic mass is 19.3. The van der Waals surface area contributed by atoms with Gasteiger partial charge in [0.25, 0.3) is 0 Å². The molecule has 5 heteroatoms. The lowest BCUT2D eigenvalue weighted by atomic mass is 9.64. The van der Waals surface area contributed by atoms with E-state index in [1.165, 1.54) is 0 Å². The molecule has 2 fully saturated rings. The van der Waals surface area contributed by atoms with Crippen LogP contribution in [0.3, 0.4) is 0 Å². The predicted molar refractivity (Wildman–Crippen MR) is 84.1 cm³/mol. The molecule has 3 rings (SSSR count). The van der Waals surface area contributed by atoms with Crippen LogP contribution < -0.4 is 4.74 Å². The second-order valence-corrected chi connectivity index (χ2v) is 7.03. The van der Waals surface area contributed by atoms with Gasteiger partial charge in [-0.25, -0.2) is 8.78 Å². The smallest absolute Gasteiger partial charge is 0.387 e. The van der Waals surface area contributed by atoms with E-state index in [9.17, 15) is 17.6 Å². The molecule has 4 unspecified atom stereocenters. The first-order valence-electron chi connectivity index (χ1n) is 8.54. The summed E-state index contributed by atoms with van der Waals surface area (Å²) in [7, 11) is 0. The summed E-state index contributed by atoms with van der Waals surface area (Å²) in [5, 5.41) is 0. The van der Waals surface area contributed by atoms with E-state index in [0.717, 1.165) is 50.7 Å². The van der Waals surface area contributed by atoms with Gasteiger partial charge in [-0.05, 0) is 79.9 Å². The van der Waals surface area contributed by atoms with Crippen LogP contribution in [0.15, 0.2) is 24.8 Å². The fourth-order valence-electron chi connectivity index (χ4n) is 4.46. The molecule has 2 aliphatic carbocycles. The molecule has 132 valence electrons. The number of alkyl halides is 2. The van der Waals surface area contributed by atoms with E-state index in [1.807, 2.05) is 6.08 Å². The van der Waals surface area contributed by atoms with Crippen molar-refractivity contribution in [3.05, 3.63) is 42.0 Å². The molecule has 2 aliphatic rings. The molecule has 1 nitrogen and oxygen atoms in total. The van der Waals surface area contributed by atoms with Gasteiger partial charge < -0.3 is 4.74 Å². The van der Waals surface area contributed by atoms with Crippen molar-refractivity contribution in [2.75, 3.05) is 0 Å². The van der Waals surface area contributed by atoms with E-state index in [0.29, 0.717) is 23.3 Å². The summed E-state index contributed by atoms with van der Waals surface area (Å²) in [6.07, 6.45) is 8.26. The topological polar surface area (TPSA) is 9.23 Å². The summed E-state index contributed by atoms with van der Waals surface area (Å²) in [6, 6.07) is 2.31. The number of halogens is 4. The molecule has 0 radical (unpaired) electrons. The Hall–Kier alpha value is -1.52. The van der Waals surface area contributed by atoms with Crippen molar-refractivity contribution in [3.8, 4) is 5.75 Å². The molecule has 2 saturated carbocycles. The van der Waals surface area contributed by atoms with Crippen LogP contribution in [0.25, 0.3) is 0 Å². The third-order valence-electron chi connectivity index (χ3n) is 5.69. The molecule has 0 heterocycles. The maximum absolute atomic E-state index is 13.9. The van der Waals surface area contributed by atoms with E-state index in [2.05, 4.69) is 11.3 Å². The first-order chi connectivity index (χ1) is 11.5. The normalized spacial score (nSPS) is 30.0. The molecule has 1 aromatic carbocycles. The molecule has 0 bridgehead atoms. The molecule has 0 aliphatic heterocycles. The third kappa shape index (κ3) is 3.60. The van der Waals surface area contributed by atoms with Crippen LogP contribution in [0.1, 0.15) is 50.0 Å². The van der Waals surface area contributed by atoms with Crippen molar-refractivity contribution < 1.29 is 22.3 Å². The molecule has 4 atom stereocenters. The van der Waals surface area contributed by atoms with Crippen LogP contribution in [0.2, 0.25) is 0 Å². The Morgan fingerprint density at radius 1 is 1.00 bits per heavy atom. The molecule has 0 spiro atoms. The van der Waals surface area contributed by atoms with Crippen LogP contribution in [0.4, 0.5) is 17.6 Å². The zero-order valence-electron chi connectivity index (χ0n) is 13.5. The molecule has 0 saturated heterocycles. The van der Waals surface area contributed by atoms with Crippen molar-refractivity contribution in [3.63, 3.8) is 0 Å². The zero-order chi connectivity index (χ0) is 17.3. The standard InChI is InChI=1S/C19H22F4O/c1-2-11-3-4-13-8-14(6-5-12(13)7-11)15-9-16(20)18(17(21)10-15)24-19(22)23/h2,9-14,19H,1,3-8H2. The molecular formula is C19H22F4O. The summed E-state index contributed by atoms with van der Waals surface area (Å²) in [5.41, 5.74) is 0.552. The first-order valence-corrected chi connectivity index (χ1v) is 8.54. The van der Waals surface area contributed by atoms with Gasteiger partial charge in [-0.15, -0.1) is 6.58 Å². The predicted octanol–water partition coefficient (Wildman–Crippen LogP) is 6.05. The quantitative estimate of drug-likeness (QED) is 0.478. The van der Waals surface area contributed by atoms with Gasteiger partial charge in [0.2, 0.25) is 0 Å². The summed E-state index contributed by atoms with van der Waals surface area (Å²) >= 11 is 0. The minimum atomic E-state index is -3.24. The molecular weight excluding hydrogens is 320 g/mol. The highest BCUT2D eigenvalue weighted by molar-refractivity contribution is 5.33. The lowest BCUT2D eigenvalue weighted by Gasteiger charge is -2.41. The number of rotatable bonds is 4. The number of hydrogen-bond donors (Lipinski definition) is 0. The van der Waals surface area contributed by atoms with Crippen LogP contribution in [-0.2, 0) is 0 Å². The van der Waals surface area contributed by atoms with Gasteiger partial charge in [0, 0.05) is 0 Å². The van der Waals surface area contributed by atoms with Crippen LogP contribution in [0, 0.1) is 29.4 Å². The maximum atomic E-state index is 13.9. The van der Waals surface area contributed by atoms with Gasteiger partial charge in [-0.2, -0.15) is 8.78 Å². The average molecular weight is 342 g/mol. The Labute approximate surface area is 139 Å². The summed E-state index contributed by atoms with van der Waals surface area (Å²) in [5.74, 6) is -1.20.